The van der Waals surface area contributed by atoms with Crippen molar-refractivity contribution in [3.05, 3.63) is 71.0 Å². The van der Waals surface area contributed by atoms with Crippen molar-refractivity contribution < 1.29 is 36.9 Å². The van der Waals surface area contributed by atoms with Crippen molar-refractivity contribution in [2.24, 2.45) is 0 Å². The van der Waals surface area contributed by atoms with Gasteiger partial charge >= 0.3 is 0 Å². The number of likely N-dealkylation sites (N-methyl/N-ethyl adjacent to an activating group) is 1. The first-order chi connectivity index (χ1) is 16.6. The van der Waals surface area contributed by atoms with Crippen LogP contribution in [-0.4, -0.2) is 42.2 Å². The van der Waals surface area contributed by atoms with Gasteiger partial charge in [0, 0.05) is 31.0 Å². The average Bonchev–Trinajstić information content (AvgIpc) is 3.12. The summed E-state index contributed by atoms with van der Waals surface area (Å²) < 4.78 is 65.3. The van der Waals surface area contributed by atoms with E-state index >= 15 is 0 Å². The molecule has 0 aromatic heterocycles. The Labute approximate surface area is 202 Å². The van der Waals surface area contributed by atoms with E-state index in [-0.39, 0.29) is 43.3 Å². The number of hydrogen-bond acceptors (Lipinski definition) is 5. The van der Waals surface area contributed by atoms with Crippen LogP contribution in [0.4, 0.5) is 13.2 Å². The van der Waals surface area contributed by atoms with E-state index in [4.69, 9.17) is 18.9 Å². The normalized spacial score (nSPS) is 27.4. The topological polar surface area (TPSA) is 66.0 Å². The summed E-state index contributed by atoms with van der Waals surface area (Å²) >= 11 is 0. The predicted octanol–water partition coefficient (Wildman–Crippen LogP) is 4.39. The molecule has 9 heteroatoms. The fraction of sp³-hybridized carbons (Fsp3) is 0.500. The van der Waals surface area contributed by atoms with Crippen LogP contribution in [-0.2, 0) is 37.0 Å². The molecule has 6 nitrogen and oxygen atoms in total. The highest BCUT2D eigenvalue weighted by atomic mass is 19.1. The van der Waals surface area contributed by atoms with Gasteiger partial charge in [0.05, 0.1) is 25.4 Å². The maximum atomic E-state index is 14.2. The zero-order valence-electron chi connectivity index (χ0n) is 20.0. The van der Waals surface area contributed by atoms with E-state index in [0.29, 0.717) is 12.1 Å². The molecule has 1 aliphatic carbocycles. The number of fused-ring (bicyclic) bond motifs is 1. The second-order valence-corrected chi connectivity index (χ2v) is 9.40. The molecule has 1 saturated heterocycles. The second-order valence-electron chi connectivity index (χ2n) is 9.40. The predicted molar refractivity (Wildman–Crippen MR) is 121 cm³/mol. The van der Waals surface area contributed by atoms with Gasteiger partial charge in [-0.15, -0.1) is 0 Å². The first-order valence-electron chi connectivity index (χ1n) is 11.7. The van der Waals surface area contributed by atoms with Crippen molar-refractivity contribution in [2.75, 3.05) is 6.54 Å². The van der Waals surface area contributed by atoms with Gasteiger partial charge in [0.1, 0.15) is 23.6 Å². The third-order valence-corrected chi connectivity index (χ3v) is 6.30. The van der Waals surface area contributed by atoms with Crippen molar-refractivity contribution in [1.29, 1.82) is 0 Å². The van der Waals surface area contributed by atoms with Gasteiger partial charge in [0.15, 0.2) is 11.4 Å². The highest BCUT2D eigenvalue weighted by Crippen LogP contribution is 2.44. The van der Waals surface area contributed by atoms with Gasteiger partial charge < -0.3 is 24.3 Å². The number of hydrogen-bond donors (Lipinski definition) is 1. The lowest BCUT2D eigenvalue weighted by Gasteiger charge is -2.43. The number of ether oxygens (including phenoxy) is 4. The zero-order chi connectivity index (χ0) is 25.2. The molecule has 1 amide bonds. The van der Waals surface area contributed by atoms with Crippen LogP contribution in [0.1, 0.15) is 44.7 Å². The van der Waals surface area contributed by atoms with Crippen LogP contribution >= 0.6 is 0 Å². The summed E-state index contributed by atoms with van der Waals surface area (Å²) in [5, 5.41) is 2.83. The van der Waals surface area contributed by atoms with E-state index in [2.05, 4.69) is 5.32 Å². The molecule has 190 valence electrons. The van der Waals surface area contributed by atoms with Crippen LogP contribution in [0.2, 0.25) is 0 Å². The Balaban J connectivity index is 1.59. The highest BCUT2D eigenvalue weighted by molar-refractivity contribution is 5.85. The molecular weight excluding hydrogens is 463 g/mol. The molecule has 2 aliphatic rings. The van der Waals surface area contributed by atoms with Crippen molar-refractivity contribution >= 4 is 5.91 Å². The molecule has 35 heavy (non-hydrogen) atoms. The highest BCUT2D eigenvalue weighted by Gasteiger charge is 2.58. The molecule has 0 unspecified atom stereocenters. The zero-order valence-corrected chi connectivity index (χ0v) is 20.0. The van der Waals surface area contributed by atoms with Gasteiger partial charge in [-0.2, -0.15) is 0 Å². The molecule has 2 aromatic carbocycles. The summed E-state index contributed by atoms with van der Waals surface area (Å²) in [6, 6.07) is 9.12. The fourth-order valence-electron chi connectivity index (χ4n) is 4.67. The second kappa shape index (κ2) is 10.3. The van der Waals surface area contributed by atoms with Gasteiger partial charge in [-0.05, 0) is 44.5 Å². The number of benzene rings is 2. The van der Waals surface area contributed by atoms with Crippen molar-refractivity contribution in [3.8, 4) is 0 Å². The molecule has 1 saturated carbocycles. The monoisotopic (exact) mass is 493 g/mol. The smallest absolute Gasteiger partial charge is 0.252 e. The van der Waals surface area contributed by atoms with Crippen LogP contribution in [0, 0.1) is 17.5 Å². The fourth-order valence-corrected chi connectivity index (χ4v) is 4.67. The molecule has 4 atom stereocenters. The van der Waals surface area contributed by atoms with E-state index in [1.165, 1.54) is 18.2 Å². The Hall–Kier alpha value is -2.46. The Morgan fingerprint density at radius 3 is 2.43 bits per heavy atom. The first-order valence-corrected chi connectivity index (χ1v) is 11.7. The van der Waals surface area contributed by atoms with Gasteiger partial charge in [0.25, 0.3) is 5.91 Å². The van der Waals surface area contributed by atoms with E-state index in [1.807, 2.05) is 0 Å². The summed E-state index contributed by atoms with van der Waals surface area (Å²) in [5.41, 5.74) is -0.434. The molecule has 0 spiro atoms. The van der Waals surface area contributed by atoms with E-state index in [0.717, 1.165) is 12.1 Å². The SMILES string of the molecule is CCNC(=O)[C@@]1(OCc2ccc(F)cc2)C[C@H](OCc2ccc(F)cc2F)[C@@H]2OC(C)(C)O[C@@H]2C1. The number of rotatable bonds is 8. The summed E-state index contributed by atoms with van der Waals surface area (Å²) in [7, 11) is 0. The third-order valence-electron chi connectivity index (χ3n) is 6.30. The molecule has 0 bridgehead atoms. The largest absolute Gasteiger partial charge is 0.370 e. The van der Waals surface area contributed by atoms with Crippen LogP contribution in [0.3, 0.4) is 0 Å². The van der Waals surface area contributed by atoms with Gasteiger partial charge in [-0.1, -0.05) is 18.2 Å². The standard InChI is InChI=1S/C26H30F3NO5/c1-4-30-24(31)26(33-14-16-5-8-18(27)9-6-16)12-21(23-22(13-26)34-25(2,3)35-23)32-15-17-7-10-19(28)11-20(17)29/h5-11,21-23H,4,12-15H2,1-3H3,(H,30,31)/t21-,22+,23-,26+/m0/s1. The molecular formula is C26H30F3NO5. The molecule has 4 rings (SSSR count). The van der Waals surface area contributed by atoms with Crippen molar-refractivity contribution in [1.82, 2.24) is 5.32 Å². The summed E-state index contributed by atoms with van der Waals surface area (Å²) in [6.07, 6.45) is -1.35. The van der Waals surface area contributed by atoms with E-state index < -0.39 is 41.3 Å². The lowest BCUT2D eigenvalue weighted by molar-refractivity contribution is -0.183. The quantitative estimate of drug-likeness (QED) is 0.591. The van der Waals surface area contributed by atoms with Crippen molar-refractivity contribution in [3.63, 3.8) is 0 Å². The minimum Gasteiger partial charge on any atom is -0.370 e. The summed E-state index contributed by atoms with van der Waals surface area (Å²) in [6.45, 7) is 5.67. The Morgan fingerprint density at radius 1 is 1.03 bits per heavy atom. The molecule has 1 N–H and O–H groups in total. The van der Waals surface area contributed by atoms with Crippen molar-refractivity contribution in [2.45, 2.75) is 76.5 Å². The number of carbonyl (C=O) groups excluding carboxylic acids is 1. The van der Waals surface area contributed by atoms with Crippen LogP contribution < -0.4 is 5.32 Å². The number of amides is 1. The van der Waals surface area contributed by atoms with Gasteiger partial charge in [-0.3, -0.25) is 4.79 Å². The number of nitrogens with one attached hydrogen (secondary N) is 1. The maximum Gasteiger partial charge on any atom is 0.252 e. The third kappa shape index (κ3) is 5.86. The summed E-state index contributed by atoms with van der Waals surface area (Å²) in [5.74, 6) is -3.00. The molecule has 1 heterocycles. The molecule has 0 radical (unpaired) electrons. The number of halogens is 3. The maximum absolute atomic E-state index is 14.2. The lowest BCUT2D eigenvalue weighted by atomic mass is 9.78. The van der Waals surface area contributed by atoms with Crippen LogP contribution in [0.25, 0.3) is 0 Å². The van der Waals surface area contributed by atoms with Gasteiger partial charge in [0.2, 0.25) is 0 Å². The Kier molecular flexibility index (Phi) is 7.51. The van der Waals surface area contributed by atoms with E-state index in [9.17, 15) is 18.0 Å². The van der Waals surface area contributed by atoms with Crippen LogP contribution in [0.15, 0.2) is 42.5 Å². The average molecular weight is 494 g/mol. The lowest BCUT2D eigenvalue weighted by Crippen LogP contribution is -2.60. The van der Waals surface area contributed by atoms with Gasteiger partial charge in [-0.25, -0.2) is 13.2 Å². The molecule has 1 aliphatic heterocycles. The Morgan fingerprint density at radius 2 is 1.74 bits per heavy atom. The molecule has 2 aromatic rings. The number of carbonyl (C=O) groups is 1. The minimum absolute atomic E-state index is 0.0678. The molecule has 2 fully saturated rings. The minimum atomic E-state index is -1.32. The van der Waals surface area contributed by atoms with Crippen LogP contribution in [0.5, 0.6) is 0 Å². The van der Waals surface area contributed by atoms with E-state index in [1.54, 1.807) is 32.9 Å². The first kappa shape index (κ1) is 25.6. The summed E-state index contributed by atoms with van der Waals surface area (Å²) in [4.78, 5) is 13.3. The Bertz CT molecular complexity index is 1050.